The Balaban J connectivity index is 1.63. The van der Waals surface area contributed by atoms with Gasteiger partial charge in [-0.05, 0) is 98.5 Å². The summed E-state index contributed by atoms with van der Waals surface area (Å²) in [5.74, 6) is -4.69. The van der Waals surface area contributed by atoms with E-state index < -0.39 is 108 Å². The molecule has 3 amide bonds. The molecule has 0 aliphatic carbocycles. The van der Waals surface area contributed by atoms with E-state index in [0.717, 1.165) is 10.5 Å². The summed E-state index contributed by atoms with van der Waals surface area (Å²) >= 11 is 6.15. The van der Waals surface area contributed by atoms with Crippen molar-refractivity contribution < 1.29 is 62.2 Å². The van der Waals surface area contributed by atoms with Gasteiger partial charge in [-0.1, -0.05) is 58.4 Å². The van der Waals surface area contributed by atoms with Crippen LogP contribution in [0.4, 0.5) is 14.4 Å². The number of likely N-dealkylation sites (N-methyl/N-ethyl adjacent to an activating group) is 1. The third-order valence-corrected chi connectivity index (χ3v) is 14.6. The highest BCUT2D eigenvalue weighted by molar-refractivity contribution is 6.30. The Morgan fingerprint density at radius 3 is 2.19 bits per heavy atom. The largest absolute Gasteiger partial charge is 0.458 e. The number of esters is 1. The van der Waals surface area contributed by atoms with E-state index in [1.165, 1.54) is 7.11 Å². The zero-order valence-electron chi connectivity index (χ0n) is 39.2. The van der Waals surface area contributed by atoms with E-state index in [2.05, 4.69) is 0 Å². The van der Waals surface area contributed by atoms with E-state index in [1.54, 1.807) is 79.3 Å². The Morgan fingerprint density at radius 1 is 0.968 bits per heavy atom. The van der Waals surface area contributed by atoms with E-state index in [-0.39, 0.29) is 37.3 Å². The summed E-state index contributed by atoms with van der Waals surface area (Å²) in [7, 11) is 3.39. The maximum atomic E-state index is 14.9. The number of aliphatic hydroxyl groups excluding tert-OH is 1. The third kappa shape index (κ3) is 10.3. The number of imide groups is 1. The predicted molar refractivity (Wildman–Crippen MR) is 232 cm³/mol. The number of nitrogens with zero attached hydrogens (tertiary/aromatic N) is 3. The van der Waals surface area contributed by atoms with Gasteiger partial charge in [-0.25, -0.2) is 19.3 Å². The lowest BCUT2D eigenvalue weighted by atomic mass is 9.73. The molecule has 354 valence electrons. The summed E-state index contributed by atoms with van der Waals surface area (Å²) in [6.45, 7) is 20.1. The number of hydrogen-bond donors (Lipinski definition) is 1. The number of ether oxygens (including phenoxy) is 7. The quantitative estimate of drug-likeness (QED) is 0.195. The fourth-order valence-corrected chi connectivity index (χ4v) is 10.3. The second-order valence-electron chi connectivity index (χ2n) is 18.6. The van der Waals surface area contributed by atoms with Gasteiger partial charge in [0.2, 0.25) is 0 Å². The lowest BCUT2D eigenvalue weighted by Gasteiger charge is -2.48. The first-order chi connectivity index (χ1) is 29.5. The monoisotopic (exact) mass is 907 g/mol. The molecule has 1 N–H and O–H groups in total. The lowest BCUT2D eigenvalue weighted by Crippen LogP contribution is -2.61. The zero-order chi connectivity index (χ0) is 46.9. The molecular weight excluding hydrogens is 838 g/mol. The van der Waals surface area contributed by atoms with Gasteiger partial charge in [-0.3, -0.25) is 14.5 Å². The molecule has 0 spiro atoms. The summed E-state index contributed by atoms with van der Waals surface area (Å²) in [5, 5.41) is 12.4. The number of hydrogen-bond acceptors (Lipinski definition) is 14. The number of aliphatic hydroxyl groups is 1. The van der Waals surface area contributed by atoms with Crippen LogP contribution in [0.15, 0.2) is 24.3 Å². The minimum atomic E-state index is -1.49. The molecular formula is C46H70ClN3O13. The van der Waals surface area contributed by atoms with Gasteiger partial charge in [0.25, 0.3) is 0 Å². The predicted octanol–water partition coefficient (Wildman–Crippen LogP) is 6.64. The molecule has 17 heteroatoms. The number of carbonyl (C=O) groups excluding carboxylic acids is 5. The molecule has 63 heavy (non-hydrogen) atoms. The second-order valence-corrected chi connectivity index (χ2v) is 19.1. The Bertz CT molecular complexity index is 1800. The topological polar surface area (TPSA) is 180 Å². The number of cyclic esters (lactones) is 2. The van der Waals surface area contributed by atoms with E-state index >= 15 is 0 Å². The number of halogens is 1. The normalized spacial score (nSPS) is 39.4. The molecule has 16 nitrogen and oxygen atoms in total. The van der Waals surface area contributed by atoms with Gasteiger partial charge in [-0.2, -0.15) is 0 Å². The highest BCUT2D eigenvalue weighted by atomic mass is 35.5. The van der Waals surface area contributed by atoms with Crippen LogP contribution in [0.5, 0.6) is 0 Å². The molecule has 4 fully saturated rings. The van der Waals surface area contributed by atoms with E-state index in [1.807, 2.05) is 37.9 Å². The molecule has 0 aromatic heterocycles. The zero-order valence-corrected chi connectivity index (χ0v) is 40.0. The van der Waals surface area contributed by atoms with E-state index in [0.29, 0.717) is 24.4 Å². The summed E-state index contributed by atoms with van der Waals surface area (Å²) in [6, 6.07) is 5.37. The van der Waals surface area contributed by atoms with Gasteiger partial charge in [0.05, 0.1) is 35.8 Å². The van der Waals surface area contributed by atoms with Gasteiger partial charge >= 0.3 is 24.2 Å². The minimum absolute atomic E-state index is 0.0606. The van der Waals surface area contributed by atoms with E-state index in [4.69, 9.17) is 44.8 Å². The Hall–Kier alpha value is -3.54. The first kappa shape index (κ1) is 50.5. The van der Waals surface area contributed by atoms with Crippen molar-refractivity contribution in [1.82, 2.24) is 14.7 Å². The van der Waals surface area contributed by atoms with Crippen molar-refractivity contribution in [1.29, 1.82) is 0 Å². The minimum Gasteiger partial charge on any atom is -0.458 e. The van der Waals surface area contributed by atoms with Crippen molar-refractivity contribution in [2.24, 2.45) is 23.7 Å². The molecule has 4 heterocycles. The van der Waals surface area contributed by atoms with Crippen molar-refractivity contribution >= 4 is 41.6 Å². The van der Waals surface area contributed by atoms with Crippen LogP contribution in [0.1, 0.15) is 101 Å². The fraction of sp³-hybridized carbons (Fsp3) is 0.761. The number of ketones is 1. The molecule has 4 aliphatic heterocycles. The van der Waals surface area contributed by atoms with Crippen molar-refractivity contribution in [3.8, 4) is 0 Å². The molecule has 0 saturated carbocycles. The van der Waals surface area contributed by atoms with Gasteiger partial charge < -0.3 is 43.2 Å². The molecule has 1 aromatic carbocycles. The smallest absolute Gasteiger partial charge is 0.420 e. The molecule has 4 aliphatic rings. The second kappa shape index (κ2) is 20.3. The summed E-state index contributed by atoms with van der Waals surface area (Å²) in [5.41, 5.74) is -1.95. The molecule has 1 aromatic rings. The first-order valence-electron chi connectivity index (χ1n) is 22.5. The number of Topliss-reactive ketones (excluding diaryl/α,β-unsaturated/α-hetero) is 1. The van der Waals surface area contributed by atoms with Crippen LogP contribution in [0.25, 0.3) is 0 Å². The van der Waals surface area contributed by atoms with Gasteiger partial charge in [-0.15, -0.1) is 0 Å². The number of carbonyl (C=O) groups is 5. The molecule has 0 radical (unpaired) electrons. The van der Waals surface area contributed by atoms with Crippen LogP contribution >= 0.6 is 11.6 Å². The molecule has 16 atom stereocenters. The Kier molecular flexibility index (Phi) is 16.3. The van der Waals surface area contributed by atoms with Crippen LogP contribution in [0.2, 0.25) is 5.02 Å². The molecule has 4 saturated heterocycles. The SMILES string of the molecule is CC[C@H]1OC(=O)[C@H](C)[C@@H](OC(=O)N2C(=O)O[C@H](C)[C@@H]2C)[C@H](C)[C@@H](O[C@@H]2O[C@H](C)C[C@H](N(C)CC)[C@H]2O)[C@@](C)(OC)C[C@@H](C)C(=O)[C@@H](C)[C@H]2N(CCc3ccc(Cl)cc3)C(=O)O[C@]12C. The van der Waals surface area contributed by atoms with Gasteiger partial charge in [0.1, 0.15) is 30.2 Å². The molecule has 0 unspecified atom stereocenters. The highest BCUT2D eigenvalue weighted by Crippen LogP contribution is 2.44. The Labute approximate surface area is 377 Å². The summed E-state index contributed by atoms with van der Waals surface area (Å²) in [4.78, 5) is 75.2. The molecule has 0 bridgehead atoms. The first-order valence-corrected chi connectivity index (χ1v) is 22.8. The van der Waals surface area contributed by atoms with Gasteiger partial charge in [0.15, 0.2) is 11.9 Å². The number of benzene rings is 1. The third-order valence-electron chi connectivity index (χ3n) is 14.3. The van der Waals surface area contributed by atoms with Crippen molar-refractivity contribution in [2.75, 3.05) is 27.2 Å². The number of methoxy groups -OCH3 is 1. The van der Waals surface area contributed by atoms with Gasteiger partial charge in [0, 0.05) is 42.5 Å². The van der Waals surface area contributed by atoms with Crippen LogP contribution in [0.3, 0.4) is 0 Å². The average molecular weight is 909 g/mol. The summed E-state index contributed by atoms with van der Waals surface area (Å²) < 4.78 is 43.6. The van der Waals surface area contributed by atoms with E-state index in [9.17, 15) is 29.1 Å². The van der Waals surface area contributed by atoms with Crippen molar-refractivity contribution in [3.63, 3.8) is 0 Å². The molecule has 5 rings (SSSR count). The van der Waals surface area contributed by atoms with Crippen molar-refractivity contribution in [2.45, 2.75) is 174 Å². The van der Waals surface area contributed by atoms with Crippen molar-refractivity contribution in [3.05, 3.63) is 34.9 Å². The lowest BCUT2D eigenvalue weighted by molar-refractivity contribution is -0.301. The van der Waals surface area contributed by atoms with Crippen LogP contribution < -0.4 is 0 Å². The Morgan fingerprint density at radius 2 is 1.62 bits per heavy atom. The maximum absolute atomic E-state index is 14.9. The highest BCUT2D eigenvalue weighted by Gasteiger charge is 2.61. The average Bonchev–Trinajstić information content (AvgIpc) is 3.66. The summed E-state index contributed by atoms with van der Waals surface area (Å²) in [6.07, 6.45) is -8.18. The number of rotatable bonds is 10. The van der Waals surface area contributed by atoms with Crippen LogP contribution in [-0.4, -0.2) is 149 Å². The van der Waals surface area contributed by atoms with Crippen LogP contribution in [-0.2, 0) is 49.2 Å². The number of amides is 3. The van der Waals surface area contributed by atoms with Crippen LogP contribution in [0, 0.1) is 23.7 Å². The maximum Gasteiger partial charge on any atom is 0.420 e. The standard InChI is InChI=1S/C46H70ClN3O13/c1-14-34-46(11)38(49(42(54)63-46)21-20-31-16-18-32(47)19-17-31)26(5)35(51)24(3)23-45(10,57-13)39(62-41-36(52)33(48(12)15-2)22-25(4)58-41)27(6)37(28(7)40(53)60-34)61-44(56)50-29(8)30(9)59-43(50)55/h16-19,24-30,33-34,36-39,41,52H,14-15,20-23H2,1-13H3/t24-,25-,26-,27+,28-,29+,30-,33+,34-,36-,37+,38-,39-,41+,45+,46-/m1/s1. The fourth-order valence-electron chi connectivity index (χ4n) is 10.2. The number of fused-ring (bicyclic) bond motifs is 1.